The molecule has 2 N–H and O–H groups in total. The van der Waals surface area contributed by atoms with Crippen LogP contribution < -0.4 is 20.1 Å². The van der Waals surface area contributed by atoms with E-state index in [9.17, 15) is 0 Å². The Labute approximate surface area is 143 Å². The van der Waals surface area contributed by atoms with Crippen LogP contribution in [0, 0.1) is 6.92 Å². The number of ether oxygens (including phenoxy) is 2. The minimum Gasteiger partial charge on any atom is -0.493 e. The van der Waals surface area contributed by atoms with E-state index in [1.54, 1.807) is 14.2 Å². The van der Waals surface area contributed by atoms with Crippen LogP contribution in [0.2, 0.25) is 0 Å². The zero-order valence-electron chi connectivity index (χ0n) is 14.8. The Morgan fingerprint density at radius 2 is 1.75 bits per heavy atom. The number of aryl methyl sites for hydroxylation is 1. The fourth-order valence-electron chi connectivity index (χ4n) is 2.35. The Morgan fingerprint density at radius 1 is 0.958 bits per heavy atom. The Balaban J connectivity index is 1.95. The first kappa shape index (κ1) is 17.8. The minimum atomic E-state index is 0.672. The van der Waals surface area contributed by atoms with E-state index >= 15 is 0 Å². The standard InChI is InChI=1S/C18H26N4O2/c1-5-9-20-18-21-13(2)11-17(22-18)19-10-8-14-6-7-15(23-3)16(12-14)24-4/h6-7,11-12H,5,8-10H2,1-4H3,(H2,19,20,21,22). The average molecular weight is 330 g/mol. The number of aromatic nitrogens is 2. The normalized spacial score (nSPS) is 10.3. The predicted octanol–water partition coefficient (Wildman–Crippen LogP) is 3.28. The van der Waals surface area contributed by atoms with Gasteiger partial charge in [-0.15, -0.1) is 0 Å². The maximum Gasteiger partial charge on any atom is 0.224 e. The maximum absolute atomic E-state index is 5.34. The van der Waals surface area contributed by atoms with E-state index < -0.39 is 0 Å². The van der Waals surface area contributed by atoms with E-state index in [0.29, 0.717) is 5.95 Å². The van der Waals surface area contributed by atoms with E-state index in [-0.39, 0.29) is 0 Å². The second-order valence-corrected chi connectivity index (χ2v) is 5.51. The number of nitrogens with one attached hydrogen (secondary N) is 2. The largest absolute Gasteiger partial charge is 0.493 e. The van der Waals surface area contributed by atoms with Gasteiger partial charge < -0.3 is 20.1 Å². The van der Waals surface area contributed by atoms with Crippen LogP contribution in [0.5, 0.6) is 11.5 Å². The van der Waals surface area contributed by atoms with Gasteiger partial charge >= 0.3 is 0 Å². The fourth-order valence-corrected chi connectivity index (χ4v) is 2.35. The molecule has 0 saturated heterocycles. The highest BCUT2D eigenvalue weighted by molar-refractivity contribution is 5.44. The van der Waals surface area contributed by atoms with Crippen molar-refractivity contribution in [2.24, 2.45) is 0 Å². The number of hydrogen-bond acceptors (Lipinski definition) is 6. The molecule has 0 aliphatic carbocycles. The van der Waals surface area contributed by atoms with Gasteiger partial charge in [-0.2, -0.15) is 4.98 Å². The number of hydrogen-bond donors (Lipinski definition) is 2. The molecule has 0 saturated carbocycles. The van der Waals surface area contributed by atoms with Crippen molar-refractivity contribution in [3.05, 3.63) is 35.5 Å². The lowest BCUT2D eigenvalue weighted by molar-refractivity contribution is 0.354. The van der Waals surface area contributed by atoms with Crippen molar-refractivity contribution in [1.29, 1.82) is 0 Å². The minimum absolute atomic E-state index is 0.672. The highest BCUT2D eigenvalue weighted by Gasteiger charge is 2.05. The van der Waals surface area contributed by atoms with Crippen LogP contribution in [0.25, 0.3) is 0 Å². The van der Waals surface area contributed by atoms with Gasteiger partial charge in [0, 0.05) is 24.8 Å². The average Bonchev–Trinajstić information content (AvgIpc) is 2.59. The summed E-state index contributed by atoms with van der Waals surface area (Å²) >= 11 is 0. The summed E-state index contributed by atoms with van der Waals surface area (Å²) in [6.07, 6.45) is 1.90. The first-order valence-corrected chi connectivity index (χ1v) is 8.20. The number of anilines is 2. The maximum atomic E-state index is 5.34. The van der Waals surface area contributed by atoms with Gasteiger partial charge in [-0.25, -0.2) is 4.98 Å². The zero-order valence-corrected chi connectivity index (χ0v) is 14.8. The third-order valence-corrected chi connectivity index (χ3v) is 3.56. The summed E-state index contributed by atoms with van der Waals surface area (Å²) in [5.41, 5.74) is 2.12. The molecule has 0 aliphatic rings. The number of benzene rings is 1. The lowest BCUT2D eigenvalue weighted by atomic mass is 10.1. The van der Waals surface area contributed by atoms with Crippen LogP contribution >= 0.6 is 0 Å². The highest BCUT2D eigenvalue weighted by atomic mass is 16.5. The number of nitrogens with zero attached hydrogens (tertiary/aromatic N) is 2. The molecule has 2 aromatic rings. The van der Waals surface area contributed by atoms with E-state index in [1.807, 2.05) is 31.2 Å². The van der Waals surface area contributed by atoms with E-state index in [2.05, 4.69) is 27.5 Å². The van der Waals surface area contributed by atoms with Crippen molar-refractivity contribution in [2.75, 3.05) is 37.9 Å². The van der Waals surface area contributed by atoms with Crippen molar-refractivity contribution in [3.8, 4) is 11.5 Å². The molecule has 0 atom stereocenters. The molecule has 1 heterocycles. The van der Waals surface area contributed by atoms with Crippen molar-refractivity contribution in [2.45, 2.75) is 26.7 Å². The number of rotatable bonds is 9. The Morgan fingerprint density at radius 3 is 2.46 bits per heavy atom. The smallest absolute Gasteiger partial charge is 0.224 e. The van der Waals surface area contributed by atoms with Crippen LogP contribution in [0.15, 0.2) is 24.3 Å². The first-order valence-electron chi connectivity index (χ1n) is 8.20. The van der Waals surface area contributed by atoms with Crippen LogP contribution in [-0.2, 0) is 6.42 Å². The number of methoxy groups -OCH3 is 2. The van der Waals surface area contributed by atoms with Gasteiger partial charge in [-0.3, -0.25) is 0 Å². The van der Waals surface area contributed by atoms with Crippen LogP contribution in [-0.4, -0.2) is 37.3 Å². The van der Waals surface area contributed by atoms with Gasteiger partial charge in [0.05, 0.1) is 14.2 Å². The molecular formula is C18H26N4O2. The molecule has 2 rings (SSSR count). The topological polar surface area (TPSA) is 68.3 Å². The van der Waals surface area contributed by atoms with Crippen molar-refractivity contribution in [1.82, 2.24) is 9.97 Å². The molecule has 1 aromatic carbocycles. The van der Waals surface area contributed by atoms with Crippen molar-refractivity contribution < 1.29 is 9.47 Å². The van der Waals surface area contributed by atoms with E-state index in [1.165, 1.54) is 5.56 Å². The van der Waals surface area contributed by atoms with Gasteiger partial charge in [-0.1, -0.05) is 13.0 Å². The second kappa shape index (κ2) is 8.96. The Hall–Kier alpha value is -2.50. The molecule has 0 bridgehead atoms. The summed E-state index contributed by atoms with van der Waals surface area (Å²) in [6, 6.07) is 7.92. The molecule has 0 unspecified atom stereocenters. The van der Waals surface area contributed by atoms with Crippen LogP contribution in [0.3, 0.4) is 0 Å². The van der Waals surface area contributed by atoms with E-state index in [4.69, 9.17) is 9.47 Å². The molecule has 0 spiro atoms. The third kappa shape index (κ3) is 5.01. The summed E-state index contributed by atoms with van der Waals surface area (Å²) in [6.45, 7) is 5.73. The molecule has 0 radical (unpaired) electrons. The molecule has 130 valence electrons. The summed E-state index contributed by atoms with van der Waals surface area (Å²) < 4.78 is 10.6. The Bertz CT molecular complexity index is 661. The fraction of sp³-hybridized carbons (Fsp3) is 0.444. The summed E-state index contributed by atoms with van der Waals surface area (Å²) in [5.74, 6) is 3.00. The van der Waals surface area contributed by atoms with Crippen molar-refractivity contribution in [3.63, 3.8) is 0 Å². The molecule has 0 aliphatic heterocycles. The van der Waals surface area contributed by atoms with Gasteiger partial charge in [-0.05, 0) is 37.5 Å². The van der Waals surface area contributed by atoms with Crippen LogP contribution in [0.1, 0.15) is 24.6 Å². The Kier molecular flexibility index (Phi) is 6.66. The molecule has 0 fully saturated rings. The molecule has 24 heavy (non-hydrogen) atoms. The highest BCUT2D eigenvalue weighted by Crippen LogP contribution is 2.27. The summed E-state index contributed by atoms with van der Waals surface area (Å²) in [4.78, 5) is 8.87. The quantitative estimate of drug-likeness (QED) is 0.735. The van der Waals surface area contributed by atoms with Gasteiger partial charge in [0.25, 0.3) is 0 Å². The molecule has 0 amide bonds. The van der Waals surface area contributed by atoms with Gasteiger partial charge in [0.2, 0.25) is 5.95 Å². The van der Waals surface area contributed by atoms with Crippen molar-refractivity contribution >= 4 is 11.8 Å². The molecule has 6 heteroatoms. The molecular weight excluding hydrogens is 304 g/mol. The monoisotopic (exact) mass is 330 g/mol. The first-order chi connectivity index (χ1) is 11.7. The van der Waals surface area contributed by atoms with E-state index in [0.717, 1.165) is 48.9 Å². The van der Waals surface area contributed by atoms with Gasteiger partial charge in [0.1, 0.15) is 5.82 Å². The molecule has 6 nitrogen and oxygen atoms in total. The zero-order chi connectivity index (χ0) is 17.4. The van der Waals surface area contributed by atoms with Gasteiger partial charge in [0.15, 0.2) is 11.5 Å². The predicted molar refractivity (Wildman–Crippen MR) is 97.3 cm³/mol. The molecule has 1 aromatic heterocycles. The summed E-state index contributed by atoms with van der Waals surface area (Å²) in [5, 5.41) is 6.57. The third-order valence-electron chi connectivity index (χ3n) is 3.56. The SMILES string of the molecule is CCCNc1nc(C)cc(NCCc2ccc(OC)c(OC)c2)n1. The summed E-state index contributed by atoms with van der Waals surface area (Å²) in [7, 11) is 3.29. The lowest BCUT2D eigenvalue weighted by Gasteiger charge is -2.11. The lowest BCUT2D eigenvalue weighted by Crippen LogP contribution is -2.10. The second-order valence-electron chi connectivity index (χ2n) is 5.51. The van der Waals surface area contributed by atoms with Crippen LogP contribution in [0.4, 0.5) is 11.8 Å².